The zero-order valence-corrected chi connectivity index (χ0v) is 11.2. The Hall–Kier alpha value is -1.36. The van der Waals surface area contributed by atoms with Crippen LogP contribution in [0.2, 0.25) is 0 Å². The van der Waals surface area contributed by atoms with Gasteiger partial charge in [-0.15, -0.1) is 0 Å². The van der Waals surface area contributed by atoms with Crippen molar-refractivity contribution in [3.05, 3.63) is 11.9 Å². The van der Waals surface area contributed by atoms with Crippen molar-refractivity contribution in [1.29, 1.82) is 0 Å². The molecule has 5 nitrogen and oxygen atoms in total. The largest absolute Gasteiger partial charge is 0.370 e. The van der Waals surface area contributed by atoms with Crippen LogP contribution in [0.15, 0.2) is 6.07 Å². The summed E-state index contributed by atoms with van der Waals surface area (Å²) in [5, 5.41) is 6.74. The van der Waals surface area contributed by atoms with Gasteiger partial charge in [-0.05, 0) is 39.5 Å². The fourth-order valence-electron chi connectivity index (χ4n) is 1.92. The molecule has 1 aromatic rings. The van der Waals surface area contributed by atoms with Gasteiger partial charge in [0.1, 0.15) is 17.5 Å². The van der Waals surface area contributed by atoms with Crippen molar-refractivity contribution in [1.82, 2.24) is 9.97 Å². The summed E-state index contributed by atoms with van der Waals surface area (Å²) in [7, 11) is 0. The van der Waals surface area contributed by atoms with Crippen LogP contribution in [0.4, 0.5) is 11.6 Å². The first-order valence-corrected chi connectivity index (χ1v) is 6.75. The van der Waals surface area contributed by atoms with E-state index >= 15 is 0 Å². The van der Waals surface area contributed by atoms with Gasteiger partial charge in [0.05, 0.1) is 0 Å². The van der Waals surface area contributed by atoms with Crippen LogP contribution in [-0.2, 0) is 0 Å². The fourth-order valence-corrected chi connectivity index (χ4v) is 1.92. The molecule has 18 heavy (non-hydrogen) atoms. The highest BCUT2D eigenvalue weighted by atomic mass is 15.1. The second-order valence-electron chi connectivity index (χ2n) is 5.15. The summed E-state index contributed by atoms with van der Waals surface area (Å²) in [4.78, 5) is 8.79. The molecule has 1 aromatic heterocycles. The number of aromatic nitrogens is 2. The number of nitrogens with zero attached hydrogens (tertiary/aromatic N) is 2. The Labute approximate surface area is 109 Å². The minimum Gasteiger partial charge on any atom is -0.370 e. The molecule has 1 heterocycles. The van der Waals surface area contributed by atoms with E-state index in [4.69, 9.17) is 5.73 Å². The highest BCUT2D eigenvalue weighted by Crippen LogP contribution is 2.23. The van der Waals surface area contributed by atoms with Gasteiger partial charge in [0.2, 0.25) is 0 Å². The van der Waals surface area contributed by atoms with Crippen LogP contribution in [0.1, 0.15) is 38.4 Å². The molecule has 2 rings (SSSR count). The van der Waals surface area contributed by atoms with Crippen molar-refractivity contribution in [3.8, 4) is 0 Å². The van der Waals surface area contributed by atoms with Gasteiger partial charge in [-0.1, -0.05) is 0 Å². The van der Waals surface area contributed by atoms with Crippen molar-refractivity contribution >= 4 is 11.6 Å². The van der Waals surface area contributed by atoms with E-state index in [1.807, 2.05) is 19.9 Å². The summed E-state index contributed by atoms with van der Waals surface area (Å²) >= 11 is 0. The molecule has 5 heteroatoms. The Balaban J connectivity index is 1.92. The minimum atomic E-state index is 0.216. The molecule has 0 bridgehead atoms. The van der Waals surface area contributed by atoms with E-state index < -0.39 is 0 Å². The first-order valence-electron chi connectivity index (χ1n) is 6.75. The molecule has 1 fully saturated rings. The molecular formula is C13H23N5. The van der Waals surface area contributed by atoms with E-state index in [1.54, 1.807) is 0 Å². The fraction of sp³-hybridized carbons (Fsp3) is 0.692. The lowest BCUT2D eigenvalue weighted by Crippen LogP contribution is -2.27. The Morgan fingerprint density at radius 1 is 1.39 bits per heavy atom. The maximum absolute atomic E-state index is 5.72. The normalized spacial score (nSPS) is 17.1. The standard InChI is InChI=1S/C13H23N5/c1-9(14)6-7-15-12-8-13(17-10(2)16-12)18-11-4-3-5-11/h8-9,11H,3-7,14H2,1-2H3,(H2,15,16,17,18). The monoisotopic (exact) mass is 249 g/mol. The number of nitrogens with two attached hydrogens (primary N) is 1. The molecule has 1 aliphatic carbocycles. The predicted octanol–water partition coefficient (Wildman–Crippen LogP) is 1.90. The number of anilines is 2. The molecule has 1 saturated carbocycles. The summed E-state index contributed by atoms with van der Waals surface area (Å²) in [5.74, 6) is 2.60. The Morgan fingerprint density at radius 2 is 2.11 bits per heavy atom. The average Bonchev–Trinajstić information content (AvgIpc) is 2.22. The van der Waals surface area contributed by atoms with Crippen LogP contribution in [0.25, 0.3) is 0 Å². The molecule has 1 aliphatic rings. The predicted molar refractivity (Wildman–Crippen MR) is 74.8 cm³/mol. The van der Waals surface area contributed by atoms with Crippen molar-refractivity contribution in [2.75, 3.05) is 17.2 Å². The molecule has 0 aromatic carbocycles. The molecule has 4 N–H and O–H groups in total. The lowest BCUT2D eigenvalue weighted by molar-refractivity contribution is 0.444. The van der Waals surface area contributed by atoms with Crippen LogP contribution in [-0.4, -0.2) is 28.6 Å². The van der Waals surface area contributed by atoms with E-state index in [-0.39, 0.29) is 6.04 Å². The number of hydrogen-bond donors (Lipinski definition) is 3. The third-order valence-electron chi connectivity index (χ3n) is 3.20. The molecule has 1 unspecified atom stereocenters. The second kappa shape index (κ2) is 6.00. The van der Waals surface area contributed by atoms with Gasteiger partial charge in [-0.3, -0.25) is 0 Å². The second-order valence-corrected chi connectivity index (χ2v) is 5.15. The Morgan fingerprint density at radius 3 is 2.72 bits per heavy atom. The van der Waals surface area contributed by atoms with Crippen LogP contribution in [0, 0.1) is 6.92 Å². The third kappa shape index (κ3) is 3.84. The van der Waals surface area contributed by atoms with Crippen LogP contribution < -0.4 is 16.4 Å². The first kappa shape index (κ1) is 13.1. The minimum absolute atomic E-state index is 0.216. The van der Waals surface area contributed by atoms with Crippen molar-refractivity contribution < 1.29 is 0 Å². The van der Waals surface area contributed by atoms with Crippen LogP contribution in [0.5, 0.6) is 0 Å². The Bertz CT molecular complexity index is 387. The van der Waals surface area contributed by atoms with Gasteiger partial charge in [-0.25, -0.2) is 9.97 Å². The maximum Gasteiger partial charge on any atom is 0.132 e. The number of rotatable bonds is 6. The zero-order chi connectivity index (χ0) is 13.0. The molecule has 0 radical (unpaired) electrons. The van der Waals surface area contributed by atoms with E-state index in [2.05, 4.69) is 20.6 Å². The van der Waals surface area contributed by atoms with E-state index in [1.165, 1.54) is 19.3 Å². The summed E-state index contributed by atoms with van der Waals surface area (Å²) in [6, 6.07) is 2.79. The summed E-state index contributed by atoms with van der Waals surface area (Å²) in [5.41, 5.74) is 5.72. The first-order chi connectivity index (χ1) is 8.63. The third-order valence-corrected chi connectivity index (χ3v) is 3.20. The Kier molecular flexibility index (Phi) is 4.36. The molecule has 0 spiro atoms. The van der Waals surface area contributed by atoms with Crippen molar-refractivity contribution in [2.24, 2.45) is 5.73 Å². The molecule has 1 atom stereocenters. The molecule has 100 valence electrons. The lowest BCUT2D eigenvalue weighted by Gasteiger charge is -2.27. The highest BCUT2D eigenvalue weighted by molar-refractivity contribution is 5.48. The SMILES string of the molecule is Cc1nc(NCCC(C)N)cc(NC2CCC2)n1. The quantitative estimate of drug-likeness (QED) is 0.718. The summed E-state index contributed by atoms with van der Waals surface area (Å²) in [6.07, 6.45) is 4.75. The molecular weight excluding hydrogens is 226 g/mol. The average molecular weight is 249 g/mol. The van der Waals surface area contributed by atoms with Gasteiger partial charge < -0.3 is 16.4 Å². The van der Waals surface area contributed by atoms with Crippen molar-refractivity contribution in [2.45, 2.75) is 51.6 Å². The topological polar surface area (TPSA) is 75.9 Å². The number of nitrogens with one attached hydrogen (secondary N) is 2. The van der Waals surface area contributed by atoms with Crippen molar-refractivity contribution in [3.63, 3.8) is 0 Å². The van der Waals surface area contributed by atoms with E-state index in [0.29, 0.717) is 6.04 Å². The smallest absolute Gasteiger partial charge is 0.132 e. The highest BCUT2D eigenvalue weighted by Gasteiger charge is 2.17. The van der Waals surface area contributed by atoms with E-state index in [0.717, 1.165) is 30.4 Å². The molecule has 0 aliphatic heterocycles. The molecule has 0 saturated heterocycles. The van der Waals surface area contributed by atoms with E-state index in [9.17, 15) is 0 Å². The van der Waals surface area contributed by atoms with Gasteiger partial charge >= 0.3 is 0 Å². The zero-order valence-electron chi connectivity index (χ0n) is 11.2. The number of aryl methyl sites for hydroxylation is 1. The summed E-state index contributed by atoms with van der Waals surface area (Å²) in [6.45, 7) is 4.77. The van der Waals surface area contributed by atoms with Gasteiger partial charge in [0, 0.05) is 24.7 Å². The van der Waals surface area contributed by atoms with Gasteiger partial charge in [-0.2, -0.15) is 0 Å². The van der Waals surface area contributed by atoms with Crippen LogP contribution in [0.3, 0.4) is 0 Å². The molecule has 0 amide bonds. The van der Waals surface area contributed by atoms with Gasteiger partial charge in [0.25, 0.3) is 0 Å². The lowest BCUT2D eigenvalue weighted by atomic mass is 9.93. The van der Waals surface area contributed by atoms with Gasteiger partial charge in [0.15, 0.2) is 0 Å². The maximum atomic E-state index is 5.72. The number of hydrogen-bond acceptors (Lipinski definition) is 5. The van der Waals surface area contributed by atoms with Crippen LogP contribution >= 0.6 is 0 Å². The summed E-state index contributed by atoms with van der Waals surface area (Å²) < 4.78 is 0.